The van der Waals surface area contributed by atoms with Crippen molar-refractivity contribution in [2.75, 3.05) is 5.32 Å². The van der Waals surface area contributed by atoms with Gasteiger partial charge in [0, 0.05) is 29.5 Å². The first kappa shape index (κ1) is 15.5. The number of nitrogens with zero attached hydrogens (tertiary/aromatic N) is 1. The highest BCUT2D eigenvalue weighted by Crippen LogP contribution is 2.23. The van der Waals surface area contributed by atoms with E-state index >= 15 is 0 Å². The Morgan fingerprint density at radius 3 is 2.53 bits per heavy atom. The number of hydrogen-bond donors (Lipinski definition) is 1. The van der Waals surface area contributed by atoms with Crippen molar-refractivity contribution >= 4 is 35.8 Å². The first-order valence-corrected chi connectivity index (χ1v) is 6.63. The van der Waals surface area contributed by atoms with E-state index in [9.17, 15) is 4.79 Å². The fourth-order valence-electron chi connectivity index (χ4n) is 1.48. The third-order valence-electron chi connectivity index (χ3n) is 2.29. The Morgan fingerprint density at radius 1 is 1.21 bits per heavy atom. The number of nitrogens with one attached hydrogen (secondary N) is 1. The molecule has 2 rings (SSSR count). The average molecular weight is 295 g/mol. The van der Waals surface area contributed by atoms with Crippen LogP contribution in [0.25, 0.3) is 0 Å². The maximum Gasteiger partial charge on any atom is 0.221 e. The Balaban J connectivity index is 0.00000180. The lowest BCUT2D eigenvalue weighted by Crippen LogP contribution is -2.05. The standard InChI is InChI=1S/C14H14N2OS.ClH/c1-11(17)16-12-5-7-14(8-6-12)18-10-13-4-2-3-9-15-13;/h2-9H,10H2,1H3,(H,16,17);1H. The summed E-state index contributed by atoms with van der Waals surface area (Å²) in [4.78, 5) is 16.3. The van der Waals surface area contributed by atoms with Crippen LogP contribution in [0.3, 0.4) is 0 Å². The molecule has 1 amide bonds. The van der Waals surface area contributed by atoms with E-state index in [0.29, 0.717) is 0 Å². The van der Waals surface area contributed by atoms with Gasteiger partial charge in [-0.3, -0.25) is 9.78 Å². The third kappa shape index (κ3) is 5.32. The Morgan fingerprint density at radius 2 is 1.95 bits per heavy atom. The number of halogens is 1. The molecule has 0 aliphatic carbocycles. The van der Waals surface area contributed by atoms with Crippen molar-refractivity contribution in [3.05, 3.63) is 54.4 Å². The van der Waals surface area contributed by atoms with E-state index in [1.807, 2.05) is 42.5 Å². The van der Waals surface area contributed by atoms with Gasteiger partial charge in [0.2, 0.25) is 5.91 Å². The summed E-state index contributed by atoms with van der Waals surface area (Å²) in [6.45, 7) is 1.50. The maximum atomic E-state index is 10.9. The highest BCUT2D eigenvalue weighted by atomic mass is 35.5. The van der Waals surface area contributed by atoms with Crippen molar-refractivity contribution < 1.29 is 4.79 Å². The van der Waals surface area contributed by atoms with E-state index in [-0.39, 0.29) is 18.3 Å². The molecule has 0 aliphatic heterocycles. The molecule has 0 aliphatic rings. The molecule has 0 bridgehead atoms. The van der Waals surface area contributed by atoms with Gasteiger partial charge in [-0.1, -0.05) is 6.07 Å². The van der Waals surface area contributed by atoms with E-state index in [4.69, 9.17) is 0 Å². The molecule has 1 N–H and O–H groups in total. The lowest BCUT2D eigenvalue weighted by atomic mass is 10.3. The van der Waals surface area contributed by atoms with Crippen LogP contribution in [0.4, 0.5) is 5.69 Å². The minimum Gasteiger partial charge on any atom is -0.326 e. The number of benzene rings is 1. The number of pyridine rings is 1. The molecule has 0 spiro atoms. The predicted molar refractivity (Wildman–Crippen MR) is 81.8 cm³/mol. The van der Waals surface area contributed by atoms with Gasteiger partial charge >= 0.3 is 0 Å². The van der Waals surface area contributed by atoms with E-state index in [2.05, 4.69) is 10.3 Å². The molecule has 100 valence electrons. The van der Waals surface area contributed by atoms with Crippen LogP contribution in [0.15, 0.2) is 53.6 Å². The van der Waals surface area contributed by atoms with E-state index in [0.717, 1.165) is 22.0 Å². The molecule has 0 saturated heterocycles. The average Bonchev–Trinajstić information content (AvgIpc) is 2.38. The maximum absolute atomic E-state index is 10.9. The summed E-state index contributed by atoms with van der Waals surface area (Å²) in [5, 5.41) is 2.75. The number of carbonyl (C=O) groups excluding carboxylic acids is 1. The van der Waals surface area contributed by atoms with Crippen molar-refractivity contribution in [3.63, 3.8) is 0 Å². The molecule has 1 heterocycles. The van der Waals surface area contributed by atoms with E-state index < -0.39 is 0 Å². The van der Waals surface area contributed by atoms with Crippen LogP contribution in [-0.4, -0.2) is 10.9 Å². The van der Waals surface area contributed by atoms with Gasteiger partial charge in [0.1, 0.15) is 0 Å². The summed E-state index contributed by atoms with van der Waals surface area (Å²) in [7, 11) is 0. The van der Waals surface area contributed by atoms with E-state index in [1.54, 1.807) is 18.0 Å². The number of thioether (sulfide) groups is 1. The van der Waals surface area contributed by atoms with Crippen LogP contribution in [0.5, 0.6) is 0 Å². The molecule has 0 unspecified atom stereocenters. The first-order valence-electron chi connectivity index (χ1n) is 5.64. The second-order valence-corrected chi connectivity index (χ2v) is 4.86. The third-order valence-corrected chi connectivity index (χ3v) is 3.33. The second-order valence-electron chi connectivity index (χ2n) is 3.82. The zero-order chi connectivity index (χ0) is 12.8. The van der Waals surface area contributed by atoms with Crippen molar-refractivity contribution in [1.29, 1.82) is 0 Å². The van der Waals surface area contributed by atoms with Gasteiger partial charge in [-0.15, -0.1) is 24.2 Å². The summed E-state index contributed by atoms with van der Waals surface area (Å²) in [5.74, 6) is 0.796. The Kier molecular flexibility index (Phi) is 6.39. The number of carbonyl (C=O) groups is 1. The molecule has 0 saturated carbocycles. The quantitative estimate of drug-likeness (QED) is 0.873. The minimum atomic E-state index is -0.0520. The Labute approximate surface area is 123 Å². The van der Waals surface area contributed by atoms with Crippen molar-refractivity contribution in [3.8, 4) is 0 Å². The Hall–Kier alpha value is -1.52. The Bertz CT molecular complexity index is 517. The molecule has 1 aromatic heterocycles. The fourth-order valence-corrected chi connectivity index (χ4v) is 2.29. The molecule has 0 atom stereocenters. The largest absolute Gasteiger partial charge is 0.326 e. The fraction of sp³-hybridized carbons (Fsp3) is 0.143. The second kappa shape index (κ2) is 7.81. The van der Waals surface area contributed by atoms with E-state index in [1.165, 1.54) is 6.92 Å². The first-order chi connectivity index (χ1) is 8.74. The smallest absolute Gasteiger partial charge is 0.221 e. The van der Waals surface area contributed by atoms with Crippen LogP contribution in [0.1, 0.15) is 12.6 Å². The van der Waals surface area contributed by atoms with Crippen molar-refractivity contribution in [2.45, 2.75) is 17.6 Å². The molecule has 19 heavy (non-hydrogen) atoms. The van der Waals surface area contributed by atoms with Gasteiger partial charge < -0.3 is 5.32 Å². The van der Waals surface area contributed by atoms with Crippen LogP contribution in [0, 0.1) is 0 Å². The molecule has 3 nitrogen and oxygen atoms in total. The topological polar surface area (TPSA) is 42.0 Å². The van der Waals surface area contributed by atoms with Crippen molar-refractivity contribution in [2.24, 2.45) is 0 Å². The normalized spacial score (nSPS) is 9.53. The summed E-state index contributed by atoms with van der Waals surface area (Å²) >= 11 is 1.73. The molecule has 5 heteroatoms. The van der Waals surface area contributed by atoms with Crippen LogP contribution < -0.4 is 5.32 Å². The number of hydrogen-bond acceptors (Lipinski definition) is 3. The number of rotatable bonds is 4. The van der Waals surface area contributed by atoms with Gasteiger partial charge in [-0.25, -0.2) is 0 Å². The lowest BCUT2D eigenvalue weighted by molar-refractivity contribution is -0.114. The molecular formula is C14H15ClN2OS. The van der Waals surface area contributed by atoms with Gasteiger partial charge in [-0.2, -0.15) is 0 Å². The van der Waals surface area contributed by atoms with Gasteiger partial charge in [0.25, 0.3) is 0 Å². The van der Waals surface area contributed by atoms with Gasteiger partial charge in [0.05, 0.1) is 5.69 Å². The predicted octanol–water partition coefficient (Wildman–Crippen LogP) is 3.75. The number of aromatic nitrogens is 1. The minimum absolute atomic E-state index is 0. The zero-order valence-corrected chi connectivity index (χ0v) is 12.1. The summed E-state index contributed by atoms with van der Waals surface area (Å²) in [5.41, 5.74) is 1.89. The van der Waals surface area contributed by atoms with Crippen molar-refractivity contribution in [1.82, 2.24) is 4.98 Å². The monoisotopic (exact) mass is 294 g/mol. The summed E-state index contributed by atoms with van der Waals surface area (Å²) < 4.78 is 0. The summed E-state index contributed by atoms with van der Waals surface area (Å²) in [6, 6.07) is 13.7. The van der Waals surface area contributed by atoms with Gasteiger partial charge in [-0.05, 0) is 36.4 Å². The molecule has 1 aromatic carbocycles. The van der Waals surface area contributed by atoms with Crippen LogP contribution >= 0.6 is 24.2 Å². The van der Waals surface area contributed by atoms with Crippen LogP contribution in [-0.2, 0) is 10.5 Å². The SMILES string of the molecule is CC(=O)Nc1ccc(SCc2ccccn2)cc1.Cl. The number of anilines is 1. The molecule has 2 aromatic rings. The molecule has 0 fully saturated rings. The van der Waals surface area contributed by atoms with Crippen LogP contribution in [0.2, 0.25) is 0 Å². The number of amides is 1. The lowest BCUT2D eigenvalue weighted by Gasteiger charge is -2.04. The highest BCUT2D eigenvalue weighted by Gasteiger charge is 1.98. The summed E-state index contributed by atoms with van der Waals surface area (Å²) in [6.07, 6.45) is 1.80. The molecule has 0 radical (unpaired) electrons. The van der Waals surface area contributed by atoms with Gasteiger partial charge in [0.15, 0.2) is 0 Å². The zero-order valence-electron chi connectivity index (χ0n) is 10.5. The highest BCUT2D eigenvalue weighted by molar-refractivity contribution is 7.98. The molecular weight excluding hydrogens is 280 g/mol.